The molecule has 0 N–H and O–H groups in total. The van der Waals surface area contributed by atoms with E-state index in [4.69, 9.17) is 0 Å². The molecule has 0 amide bonds. The summed E-state index contributed by atoms with van der Waals surface area (Å²) < 4.78 is 0. The van der Waals surface area contributed by atoms with E-state index in [9.17, 15) is 20.4 Å². The molecule has 0 aliphatic carbocycles. The summed E-state index contributed by atoms with van der Waals surface area (Å²) in [6.07, 6.45) is 3.49. The topological polar surface area (TPSA) is 130 Å². The minimum atomic E-state index is -0.162. The smallest absolute Gasteiger partial charge is 0.872 e. The van der Waals surface area contributed by atoms with Crippen LogP contribution in [0.2, 0.25) is 0 Å². The van der Waals surface area contributed by atoms with Gasteiger partial charge >= 0.3 is 39.0 Å². The van der Waals surface area contributed by atoms with E-state index in [1.165, 1.54) is 11.1 Å². The molecule has 324 valence electrons. The fraction of sp³-hybridized carbons (Fsp3) is 0.696. The van der Waals surface area contributed by atoms with E-state index < -0.39 is 0 Å². The molecule has 2 aromatic carbocycles. The van der Waals surface area contributed by atoms with Crippen LogP contribution in [0.3, 0.4) is 0 Å². The van der Waals surface area contributed by atoms with E-state index in [0.717, 1.165) is 24.2 Å². The van der Waals surface area contributed by atoms with Gasteiger partial charge in [-0.3, -0.25) is 9.98 Å². The van der Waals surface area contributed by atoms with Gasteiger partial charge in [0, 0.05) is 25.5 Å². The second kappa shape index (κ2) is 29.6. The van der Waals surface area contributed by atoms with E-state index in [-0.39, 0.29) is 85.3 Å². The van der Waals surface area contributed by atoms with Crippen molar-refractivity contribution in [3.05, 3.63) is 57.6 Å². The molecule has 0 aromatic heterocycles. The van der Waals surface area contributed by atoms with Crippen LogP contribution in [0.1, 0.15) is 116 Å². The number of hydrogen-bond acceptors (Lipinski definition) is 10. The third kappa shape index (κ3) is 28.0. The molecular formula is C46H82N6O4Zn2. The first-order chi connectivity index (χ1) is 25.4. The maximum absolute atomic E-state index is 12.7. The van der Waals surface area contributed by atoms with Crippen molar-refractivity contribution in [3.63, 3.8) is 0 Å². The van der Waals surface area contributed by atoms with Gasteiger partial charge in [-0.05, 0) is 125 Å². The Bertz CT molecular complexity index is 1340. The maximum Gasteiger partial charge on any atom is 2.00 e. The fourth-order valence-corrected chi connectivity index (χ4v) is 4.68. The first-order valence-corrected chi connectivity index (χ1v) is 19.9. The van der Waals surface area contributed by atoms with Crippen molar-refractivity contribution >= 4 is 12.4 Å². The molecule has 0 fully saturated rings. The van der Waals surface area contributed by atoms with Gasteiger partial charge in [0.05, 0.1) is 13.1 Å². The summed E-state index contributed by atoms with van der Waals surface area (Å²) >= 11 is 0. The molecule has 0 saturated carbocycles. The van der Waals surface area contributed by atoms with Crippen LogP contribution in [-0.2, 0) is 60.6 Å². The van der Waals surface area contributed by atoms with Crippen molar-refractivity contribution in [1.82, 2.24) is 19.6 Å². The minimum absolute atomic E-state index is 0. The van der Waals surface area contributed by atoms with E-state index >= 15 is 0 Å². The predicted molar refractivity (Wildman–Crippen MR) is 235 cm³/mol. The molecule has 2 rings (SSSR count). The van der Waals surface area contributed by atoms with Gasteiger partial charge in [-0.2, -0.15) is 0 Å². The van der Waals surface area contributed by atoms with Crippen LogP contribution in [-0.4, -0.2) is 141 Å². The number of hydrogen-bond donors (Lipinski definition) is 0. The van der Waals surface area contributed by atoms with Crippen LogP contribution in [0.5, 0.6) is 11.5 Å². The van der Waals surface area contributed by atoms with Crippen LogP contribution in [0.4, 0.5) is 0 Å². The monoisotopic (exact) mass is 910 g/mol. The zero-order valence-corrected chi connectivity index (χ0v) is 46.8. The average Bonchev–Trinajstić information content (AvgIpc) is 3.01. The molecule has 12 heteroatoms. The summed E-state index contributed by atoms with van der Waals surface area (Å²) in [7, 11) is 15.6. The first-order valence-electron chi connectivity index (χ1n) is 19.9. The quantitative estimate of drug-likeness (QED) is 0.225. The zero-order chi connectivity index (χ0) is 44.2. The number of benzene rings is 2. The molecule has 0 aliphatic heterocycles. The molecule has 10 nitrogen and oxygen atoms in total. The Morgan fingerprint density at radius 3 is 0.879 bits per heavy atom. The Kier molecular flexibility index (Phi) is 32.2. The minimum Gasteiger partial charge on any atom is -0.872 e. The second-order valence-corrected chi connectivity index (χ2v) is 19.6. The zero-order valence-electron chi connectivity index (χ0n) is 40.9. The molecule has 0 atom stereocenters. The van der Waals surface area contributed by atoms with Gasteiger partial charge in [0.1, 0.15) is 0 Å². The van der Waals surface area contributed by atoms with Gasteiger partial charge in [-0.15, -0.1) is 13.2 Å². The Balaban J connectivity index is -0.000000382. The van der Waals surface area contributed by atoms with Gasteiger partial charge in [0.15, 0.2) is 0 Å². The molecule has 0 heterocycles. The first kappa shape index (κ1) is 63.0. The maximum atomic E-state index is 12.7. The third-order valence-electron chi connectivity index (χ3n) is 8.47. The summed E-state index contributed by atoms with van der Waals surface area (Å²) in [5.41, 5.74) is 5.22. The van der Waals surface area contributed by atoms with Gasteiger partial charge in [-0.1, -0.05) is 119 Å². The van der Waals surface area contributed by atoms with Crippen LogP contribution in [0, 0.1) is 0 Å². The molecular weight excluding hydrogens is 831 g/mol. The van der Waals surface area contributed by atoms with Gasteiger partial charge < -0.3 is 40.0 Å². The van der Waals surface area contributed by atoms with Crippen molar-refractivity contribution in [1.29, 1.82) is 0 Å². The molecule has 0 radical (unpaired) electrons. The Morgan fingerprint density at radius 2 is 0.707 bits per heavy atom. The van der Waals surface area contributed by atoms with E-state index in [2.05, 4.69) is 115 Å². The molecule has 0 spiro atoms. The normalized spacial score (nSPS) is 12.2. The molecule has 0 saturated heterocycles. The summed E-state index contributed by atoms with van der Waals surface area (Å²) in [6.45, 7) is 30.1. The fourth-order valence-electron chi connectivity index (χ4n) is 4.68. The Labute approximate surface area is 382 Å². The van der Waals surface area contributed by atoms with Crippen LogP contribution in [0.15, 0.2) is 34.3 Å². The second-order valence-electron chi connectivity index (χ2n) is 19.6. The van der Waals surface area contributed by atoms with Crippen LogP contribution >= 0.6 is 0 Å². The average molecular weight is 914 g/mol. The Hall–Kier alpha value is -1.61. The third-order valence-corrected chi connectivity index (χ3v) is 8.47. The number of likely N-dealkylation sites (N-methyl/N-ethyl adjacent to an activating group) is 4. The number of rotatable bonds is 12. The predicted octanol–water partition coefficient (Wildman–Crippen LogP) is 4.48. The van der Waals surface area contributed by atoms with E-state index in [0.29, 0.717) is 37.3 Å². The van der Waals surface area contributed by atoms with Gasteiger partial charge in [0.25, 0.3) is 0 Å². The van der Waals surface area contributed by atoms with Crippen LogP contribution < -0.4 is 20.4 Å². The molecule has 0 aliphatic rings. The standard InChI is InChI=1S/2C19H32N2O.2C4H10NO.2Zn/c2*1-18(2,3)15-11-14(13-20-9-10-21(7)8)17(22)16(12-15)19(4,5)6;2*1-5(2)3-4-6;;/h2*11-13,22H,9-10H2,1-8H3;2*3-4H2,1-2H3;;/q;;2*-1;2*+2/p-2. The van der Waals surface area contributed by atoms with E-state index in [1.54, 1.807) is 12.4 Å². The molecule has 2 aromatic rings. The van der Waals surface area contributed by atoms with Crippen LogP contribution in [0.25, 0.3) is 0 Å². The van der Waals surface area contributed by atoms with Crippen molar-refractivity contribution in [2.75, 3.05) is 109 Å². The number of nitrogens with zero attached hydrogens (tertiary/aromatic N) is 6. The van der Waals surface area contributed by atoms with Gasteiger partial charge in [0.2, 0.25) is 0 Å². The van der Waals surface area contributed by atoms with Crippen molar-refractivity contribution in [2.45, 2.75) is 105 Å². The summed E-state index contributed by atoms with van der Waals surface area (Å²) in [6, 6.07) is 8.13. The van der Waals surface area contributed by atoms with Crippen molar-refractivity contribution < 1.29 is 59.4 Å². The number of aliphatic imine (C=N–C) groups is 2. The SMILES string of the molecule is CN(C)CCN=Cc1cc(C(C)(C)C)cc(C(C)(C)C)c1[O-].CN(C)CCN=Cc1cc(C(C)(C)C)cc(C(C)(C)C)c1[O-].CN(C)CC[O-].CN(C)CC[O-].[Zn+2].[Zn+2]. The molecule has 58 heavy (non-hydrogen) atoms. The summed E-state index contributed by atoms with van der Waals surface area (Å²) in [4.78, 5) is 16.8. The Morgan fingerprint density at radius 1 is 0.448 bits per heavy atom. The van der Waals surface area contributed by atoms with E-state index in [1.807, 2.05) is 78.3 Å². The summed E-state index contributed by atoms with van der Waals surface area (Å²) in [5.74, 6) is 0.211. The van der Waals surface area contributed by atoms with Gasteiger partial charge in [-0.25, -0.2) is 0 Å². The molecule has 0 unspecified atom stereocenters. The van der Waals surface area contributed by atoms with Crippen molar-refractivity contribution in [2.24, 2.45) is 9.98 Å². The largest absolute Gasteiger partial charge is 2.00 e. The van der Waals surface area contributed by atoms with Crippen molar-refractivity contribution in [3.8, 4) is 11.5 Å². The molecule has 0 bridgehead atoms. The summed E-state index contributed by atoms with van der Waals surface area (Å²) in [5, 5.41) is 44.8.